The van der Waals surface area contributed by atoms with Crippen LogP contribution in [-0.2, 0) is 4.79 Å². The van der Waals surface area contributed by atoms with E-state index in [1.165, 1.54) is 0 Å². The Bertz CT molecular complexity index is 1170. The minimum Gasteiger partial charge on any atom is -0.349 e. The van der Waals surface area contributed by atoms with Gasteiger partial charge < -0.3 is 5.32 Å². The fourth-order valence-corrected chi connectivity index (χ4v) is 4.26. The third-order valence-corrected chi connectivity index (χ3v) is 5.71. The molecule has 0 spiro atoms. The highest BCUT2D eigenvalue weighted by molar-refractivity contribution is 7.99. The zero-order valence-electron chi connectivity index (χ0n) is 15.7. The molecule has 4 rings (SSSR count). The molecule has 1 heterocycles. The standard InChI is InChI=1S/C22H19F2N3OS/c1-14(16-10-6-8-15-7-2-3-9-17(15)16)25-20(28)13-29-22-26-18-11-4-5-12-19(18)27(22)21(23)24/h2-12,14,21H,13H2,1H3,(H,25,28). The first-order valence-corrected chi connectivity index (χ1v) is 10.2. The number of fused-ring (bicyclic) bond motifs is 2. The number of alkyl halides is 2. The van der Waals surface area contributed by atoms with Gasteiger partial charge >= 0.3 is 6.55 Å². The van der Waals surface area contributed by atoms with Gasteiger partial charge in [0.25, 0.3) is 0 Å². The van der Waals surface area contributed by atoms with E-state index >= 15 is 0 Å². The van der Waals surface area contributed by atoms with E-state index in [1.54, 1.807) is 24.3 Å². The molecule has 0 aliphatic carbocycles. The van der Waals surface area contributed by atoms with E-state index in [2.05, 4.69) is 10.3 Å². The molecule has 1 N–H and O–H groups in total. The first-order valence-electron chi connectivity index (χ1n) is 9.19. The van der Waals surface area contributed by atoms with Crippen molar-refractivity contribution in [2.24, 2.45) is 0 Å². The van der Waals surface area contributed by atoms with Gasteiger partial charge in [0.15, 0.2) is 5.16 Å². The fourth-order valence-electron chi connectivity index (χ4n) is 3.43. The Balaban J connectivity index is 1.48. The van der Waals surface area contributed by atoms with Crippen LogP contribution in [0.25, 0.3) is 21.8 Å². The summed E-state index contributed by atoms with van der Waals surface area (Å²) in [7, 11) is 0. The van der Waals surface area contributed by atoms with Crippen LogP contribution >= 0.6 is 11.8 Å². The number of para-hydroxylation sites is 2. The molecule has 4 nitrogen and oxygen atoms in total. The summed E-state index contributed by atoms with van der Waals surface area (Å²) < 4.78 is 27.9. The third kappa shape index (κ3) is 3.96. The average molecular weight is 411 g/mol. The van der Waals surface area contributed by atoms with Crippen molar-refractivity contribution in [2.75, 3.05) is 5.75 Å². The van der Waals surface area contributed by atoms with Gasteiger partial charge in [-0.3, -0.25) is 9.36 Å². The lowest BCUT2D eigenvalue weighted by Gasteiger charge is -2.16. The lowest BCUT2D eigenvalue weighted by molar-refractivity contribution is -0.119. The van der Waals surface area contributed by atoms with Crippen LogP contribution in [0.5, 0.6) is 0 Å². The van der Waals surface area contributed by atoms with Crippen LogP contribution in [0.3, 0.4) is 0 Å². The number of imidazole rings is 1. The van der Waals surface area contributed by atoms with Crippen molar-refractivity contribution < 1.29 is 13.6 Å². The molecule has 1 aromatic heterocycles. The van der Waals surface area contributed by atoms with Crippen molar-refractivity contribution in [3.05, 3.63) is 72.3 Å². The number of aromatic nitrogens is 2. The smallest absolute Gasteiger partial charge is 0.321 e. The van der Waals surface area contributed by atoms with E-state index in [0.29, 0.717) is 11.0 Å². The number of hydrogen-bond acceptors (Lipinski definition) is 3. The zero-order chi connectivity index (χ0) is 20.4. The minimum atomic E-state index is -2.72. The van der Waals surface area contributed by atoms with Crippen molar-refractivity contribution in [3.8, 4) is 0 Å². The van der Waals surface area contributed by atoms with Gasteiger partial charge in [-0.15, -0.1) is 0 Å². The maximum atomic E-state index is 13.5. The highest BCUT2D eigenvalue weighted by Crippen LogP contribution is 2.29. The molecule has 29 heavy (non-hydrogen) atoms. The normalized spacial score (nSPS) is 12.6. The van der Waals surface area contributed by atoms with Gasteiger partial charge in [0.05, 0.1) is 22.8 Å². The van der Waals surface area contributed by atoms with Crippen LogP contribution in [0.2, 0.25) is 0 Å². The summed E-state index contributed by atoms with van der Waals surface area (Å²) in [6.07, 6.45) is 0. The molecule has 3 aromatic carbocycles. The maximum Gasteiger partial charge on any atom is 0.321 e. The molecule has 7 heteroatoms. The molecule has 0 radical (unpaired) electrons. The van der Waals surface area contributed by atoms with E-state index in [-0.39, 0.29) is 22.9 Å². The number of rotatable bonds is 6. The van der Waals surface area contributed by atoms with E-state index in [9.17, 15) is 13.6 Å². The second-order valence-corrected chi connectivity index (χ2v) is 7.62. The summed E-state index contributed by atoms with van der Waals surface area (Å²) in [4.78, 5) is 16.7. The zero-order valence-corrected chi connectivity index (χ0v) is 16.5. The van der Waals surface area contributed by atoms with Crippen LogP contribution in [0.15, 0.2) is 71.9 Å². The summed E-state index contributed by atoms with van der Waals surface area (Å²) in [6, 6.07) is 20.5. The lowest BCUT2D eigenvalue weighted by Crippen LogP contribution is -2.28. The Morgan fingerprint density at radius 3 is 2.62 bits per heavy atom. The van der Waals surface area contributed by atoms with Crippen molar-refractivity contribution in [2.45, 2.75) is 24.7 Å². The molecular formula is C22H19F2N3OS. The van der Waals surface area contributed by atoms with E-state index < -0.39 is 6.55 Å². The molecule has 0 bridgehead atoms. The van der Waals surface area contributed by atoms with Gasteiger partial charge in [-0.2, -0.15) is 8.78 Å². The molecule has 148 valence electrons. The van der Waals surface area contributed by atoms with Crippen LogP contribution in [0, 0.1) is 0 Å². The number of benzene rings is 3. The molecule has 1 amide bonds. The molecule has 0 fully saturated rings. The van der Waals surface area contributed by atoms with Crippen molar-refractivity contribution in [1.29, 1.82) is 0 Å². The van der Waals surface area contributed by atoms with Crippen molar-refractivity contribution in [1.82, 2.24) is 14.9 Å². The predicted octanol–water partition coefficient (Wildman–Crippen LogP) is 5.55. The Hall–Kier alpha value is -2.93. The Morgan fingerprint density at radius 1 is 1.07 bits per heavy atom. The summed E-state index contributed by atoms with van der Waals surface area (Å²) in [6.45, 7) is -0.804. The summed E-state index contributed by atoms with van der Waals surface area (Å²) in [5.74, 6) is -0.228. The molecule has 1 unspecified atom stereocenters. The number of nitrogens with one attached hydrogen (secondary N) is 1. The topological polar surface area (TPSA) is 46.9 Å². The van der Waals surface area contributed by atoms with Gasteiger partial charge in [0, 0.05) is 0 Å². The number of thioether (sulfide) groups is 1. The van der Waals surface area contributed by atoms with Gasteiger partial charge in [0.1, 0.15) is 0 Å². The van der Waals surface area contributed by atoms with Gasteiger partial charge in [-0.25, -0.2) is 4.98 Å². The first kappa shape index (κ1) is 19.4. The maximum absolute atomic E-state index is 13.5. The molecule has 0 aliphatic heterocycles. The largest absolute Gasteiger partial charge is 0.349 e. The fraction of sp³-hybridized carbons (Fsp3) is 0.182. The number of carbonyl (C=O) groups is 1. The van der Waals surface area contributed by atoms with Crippen molar-refractivity contribution >= 4 is 39.5 Å². The molecular weight excluding hydrogens is 392 g/mol. The number of carbonyl (C=O) groups excluding carboxylic acids is 1. The van der Waals surface area contributed by atoms with Gasteiger partial charge in [-0.05, 0) is 35.4 Å². The van der Waals surface area contributed by atoms with E-state index in [4.69, 9.17) is 0 Å². The Labute approximate surface area is 170 Å². The highest BCUT2D eigenvalue weighted by atomic mass is 32.2. The molecule has 0 saturated carbocycles. The monoisotopic (exact) mass is 411 g/mol. The summed E-state index contributed by atoms with van der Waals surface area (Å²) >= 11 is 1.01. The third-order valence-electron chi connectivity index (χ3n) is 4.76. The minimum absolute atomic E-state index is 0.00511. The van der Waals surface area contributed by atoms with Gasteiger partial charge in [0.2, 0.25) is 5.91 Å². The predicted molar refractivity (Wildman–Crippen MR) is 112 cm³/mol. The number of halogens is 2. The molecule has 4 aromatic rings. The van der Waals surface area contributed by atoms with Gasteiger partial charge in [-0.1, -0.05) is 66.4 Å². The van der Waals surface area contributed by atoms with Crippen LogP contribution in [0.4, 0.5) is 8.78 Å². The van der Waals surface area contributed by atoms with Crippen molar-refractivity contribution in [3.63, 3.8) is 0 Å². The number of nitrogens with zero attached hydrogens (tertiary/aromatic N) is 2. The lowest BCUT2D eigenvalue weighted by atomic mass is 10.00. The first-order chi connectivity index (χ1) is 14.0. The van der Waals surface area contributed by atoms with Crippen LogP contribution in [-0.4, -0.2) is 21.2 Å². The second kappa shape index (κ2) is 8.21. The summed E-state index contributed by atoms with van der Waals surface area (Å²) in [5.41, 5.74) is 1.86. The number of amides is 1. The van der Waals surface area contributed by atoms with E-state index in [1.807, 2.05) is 49.4 Å². The highest BCUT2D eigenvalue weighted by Gasteiger charge is 2.19. The molecule has 1 atom stereocenters. The Kier molecular flexibility index (Phi) is 5.49. The average Bonchev–Trinajstić information content (AvgIpc) is 3.10. The Morgan fingerprint density at radius 2 is 1.79 bits per heavy atom. The number of hydrogen-bond donors (Lipinski definition) is 1. The summed E-state index contributed by atoms with van der Waals surface area (Å²) in [5, 5.41) is 5.27. The quantitative estimate of drug-likeness (QED) is 0.423. The van der Waals surface area contributed by atoms with E-state index in [0.717, 1.165) is 32.7 Å². The van der Waals surface area contributed by atoms with Crippen LogP contribution < -0.4 is 5.32 Å². The molecule has 0 saturated heterocycles. The SMILES string of the molecule is CC(NC(=O)CSc1nc2ccccc2n1C(F)F)c1cccc2ccccc12. The second-order valence-electron chi connectivity index (χ2n) is 6.68. The molecule has 0 aliphatic rings. The van der Waals surface area contributed by atoms with Crippen LogP contribution in [0.1, 0.15) is 25.1 Å².